The number of nitrogens with one attached hydrogen (secondary N) is 1. The van der Waals surface area contributed by atoms with Crippen LogP contribution < -0.4 is 5.32 Å². The van der Waals surface area contributed by atoms with E-state index in [1.54, 1.807) is 37.3 Å². The Balaban J connectivity index is 1.66. The maximum absolute atomic E-state index is 12.3. The fraction of sp³-hybridized carbons (Fsp3) is 0.143. The lowest BCUT2D eigenvalue weighted by atomic mass is 10.1. The van der Waals surface area contributed by atoms with Crippen LogP contribution in [0.3, 0.4) is 0 Å². The largest absolute Gasteiger partial charge is 0.411 e. The number of benzene rings is 2. The van der Waals surface area contributed by atoms with Crippen molar-refractivity contribution in [1.82, 2.24) is 14.8 Å². The first-order valence-electron chi connectivity index (χ1n) is 8.93. The van der Waals surface area contributed by atoms with Crippen LogP contribution in [-0.2, 0) is 11.3 Å². The Morgan fingerprint density at radius 3 is 2.59 bits per heavy atom. The van der Waals surface area contributed by atoms with Crippen molar-refractivity contribution < 1.29 is 10.0 Å². The first-order chi connectivity index (χ1) is 14.1. The summed E-state index contributed by atoms with van der Waals surface area (Å²) >= 11 is 1.32. The number of allylic oxidation sites excluding steroid dienone is 1. The second-order valence-corrected chi connectivity index (χ2v) is 7.11. The topological polar surface area (TPSA) is 92.4 Å². The summed E-state index contributed by atoms with van der Waals surface area (Å²) in [6.45, 7) is 6.05. The molecule has 0 fully saturated rings. The molecule has 1 amide bonds. The van der Waals surface area contributed by atoms with E-state index in [9.17, 15) is 4.79 Å². The molecule has 0 spiro atoms. The number of carbonyl (C=O) groups excluding carboxylic acids is 1. The van der Waals surface area contributed by atoms with Crippen LogP contribution in [0.15, 0.2) is 77.6 Å². The van der Waals surface area contributed by atoms with Gasteiger partial charge >= 0.3 is 0 Å². The van der Waals surface area contributed by atoms with Gasteiger partial charge in [0.05, 0.1) is 11.5 Å². The van der Waals surface area contributed by atoms with Crippen LogP contribution in [0.4, 0.5) is 5.69 Å². The second-order valence-electron chi connectivity index (χ2n) is 6.17. The number of rotatable bonds is 8. The highest BCUT2D eigenvalue weighted by Crippen LogP contribution is 2.24. The molecule has 0 saturated heterocycles. The number of oxime groups is 1. The van der Waals surface area contributed by atoms with Gasteiger partial charge in [0.25, 0.3) is 0 Å². The molecule has 0 aliphatic heterocycles. The van der Waals surface area contributed by atoms with Crippen molar-refractivity contribution in [2.24, 2.45) is 5.16 Å². The van der Waals surface area contributed by atoms with Crippen LogP contribution >= 0.6 is 11.8 Å². The number of anilines is 1. The minimum Gasteiger partial charge on any atom is -0.411 e. The zero-order valence-corrected chi connectivity index (χ0v) is 16.8. The average molecular weight is 407 g/mol. The van der Waals surface area contributed by atoms with Gasteiger partial charge < -0.3 is 10.5 Å². The molecule has 7 nitrogen and oxygen atoms in total. The zero-order valence-electron chi connectivity index (χ0n) is 15.9. The van der Waals surface area contributed by atoms with Crippen molar-refractivity contribution in [1.29, 1.82) is 0 Å². The van der Waals surface area contributed by atoms with Gasteiger partial charge in [-0.3, -0.25) is 9.36 Å². The summed E-state index contributed by atoms with van der Waals surface area (Å²) in [5, 5.41) is 24.0. The third-order valence-electron chi connectivity index (χ3n) is 4.13. The molecule has 1 heterocycles. The number of amides is 1. The first-order valence-corrected chi connectivity index (χ1v) is 9.92. The van der Waals surface area contributed by atoms with Gasteiger partial charge in [-0.1, -0.05) is 65.5 Å². The Hall–Kier alpha value is -3.39. The number of aromatic nitrogens is 3. The molecule has 0 aliphatic carbocycles. The maximum atomic E-state index is 12.3. The molecule has 2 N–H and O–H groups in total. The van der Waals surface area contributed by atoms with Crippen LogP contribution in [0.25, 0.3) is 11.4 Å². The number of hydrogen-bond donors (Lipinski definition) is 2. The molecule has 3 rings (SSSR count). The van der Waals surface area contributed by atoms with Gasteiger partial charge in [0.2, 0.25) is 5.91 Å². The van der Waals surface area contributed by atoms with E-state index in [2.05, 4.69) is 27.2 Å². The number of nitrogens with zero attached hydrogens (tertiary/aromatic N) is 4. The van der Waals surface area contributed by atoms with Crippen molar-refractivity contribution in [3.8, 4) is 11.4 Å². The third-order valence-corrected chi connectivity index (χ3v) is 5.10. The molecule has 29 heavy (non-hydrogen) atoms. The molecule has 0 aliphatic rings. The molecule has 148 valence electrons. The lowest BCUT2D eigenvalue weighted by molar-refractivity contribution is -0.113. The molecular weight excluding hydrogens is 386 g/mol. The smallest absolute Gasteiger partial charge is 0.234 e. The van der Waals surface area contributed by atoms with E-state index in [0.717, 1.165) is 17.0 Å². The van der Waals surface area contributed by atoms with E-state index in [0.29, 0.717) is 23.1 Å². The van der Waals surface area contributed by atoms with Crippen LogP contribution in [0, 0.1) is 0 Å². The van der Waals surface area contributed by atoms with Crippen molar-refractivity contribution in [3.05, 3.63) is 72.8 Å². The van der Waals surface area contributed by atoms with Crippen LogP contribution in [0.2, 0.25) is 0 Å². The predicted molar refractivity (Wildman–Crippen MR) is 115 cm³/mol. The minimum absolute atomic E-state index is 0.148. The van der Waals surface area contributed by atoms with Gasteiger partial charge in [-0.15, -0.1) is 16.8 Å². The minimum atomic E-state index is -0.148. The summed E-state index contributed by atoms with van der Waals surface area (Å²) in [4.78, 5) is 12.3. The summed E-state index contributed by atoms with van der Waals surface area (Å²) in [7, 11) is 0. The molecule has 2 aromatic carbocycles. The SMILES string of the molecule is C=CCn1c(SCC(=O)Nc2ccc(/C(C)=N/O)cc2)nnc1-c1ccccc1. The van der Waals surface area contributed by atoms with Gasteiger partial charge in [-0.2, -0.15) is 0 Å². The Bertz CT molecular complexity index is 1010. The van der Waals surface area contributed by atoms with Gasteiger partial charge in [0.15, 0.2) is 11.0 Å². The highest BCUT2D eigenvalue weighted by molar-refractivity contribution is 7.99. The standard InChI is InChI=1S/C21H21N5O2S/c1-3-13-26-20(17-7-5-4-6-8-17)23-24-21(26)29-14-19(27)22-18-11-9-16(10-12-18)15(2)25-28/h3-12,28H,1,13-14H2,2H3,(H,22,27)/b25-15+. The molecule has 0 atom stereocenters. The van der Waals surface area contributed by atoms with Crippen molar-refractivity contribution in [2.45, 2.75) is 18.6 Å². The third kappa shape index (κ3) is 5.11. The fourth-order valence-corrected chi connectivity index (χ4v) is 3.42. The summed E-state index contributed by atoms with van der Waals surface area (Å²) < 4.78 is 1.94. The van der Waals surface area contributed by atoms with Gasteiger partial charge in [0.1, 0.15) is 0 Å². The van der Waals surface area contributed by atoms with Gasteiger partial charge in [0, 0.05) is 17.8 Å². The summed E-state index contributed by atoms with van der Waals surface area (Å²) in [6.07, 6.45) is 1.78. The fourth-order valence-electron chi connectivity index (χ4n) is 2.67. The quantitative estimate of drug-likeness (QED) is 0.193. The van der Waals surface area contributed by atoms with Crippen molar-refractivity contribution in [2.75, 3.05) is 11.1 Å². The summed E-state index contributed by atoms with van der Waals surface area (Å²) in [5.74, 6) is 0.790. The highest BCUT2D eigenvalue weighted by atomic mass is 32.2. The molecule has 0 unspecified atom stereocenters. The number of carbonyl (C=O) groups is 1. The zero-order chi connectivity index (χ0) is 20.6. The van der Waals surface area contributed by atoms with Crippen LogP contribution in [0.1, 0.15) is 12.5 Å². The summed E-state index contributed by atoms with van der Waals surface area (Å²) in [6, 6.07) is 16.9. The van der Waals surface area contributed by atoms with E-state index in [1.165, 1.54) is 11.8 Å². The van der Waals surface area contributed by atoms with E-state index < -0.39 is 0 Å². The van der Waals surface area contributed by atoms with E-state index in [-0.39, 0.29) is 11.7 Å². The van der Waals surface area contributed by atoms with Gasteiger partial charge in [-0.05, 0) is 24.6 Å². The Kier molecular flexibility index (Phi) is 6.80. The first kappa shape index (κ1) is 20.3. The normalized spacial score (nSPS) is 11.3. The monoisotopic (exact) mass is 407 g/mol. The molecule has 0 bridgehead atoms. The number of hydrogen-bond acceptors (Lipinski definition) is 6. The lowest BCUT2D eigenvalue weighted by Crippen LogP contribution is -2.14. The van der Waals surface area contributed by atoms with E-state index >= 15 is 0 Å². The molecule has 1 aromatic heterocycles. The summed E-state index contributed by atoms with van der Waals surface area (Å²) in [5.41, 5.74) is 2.92. The molecule has 0 radical (unpaired) electrons. The van der Waals surface area contributed by atoms with Crippen molar-refractivity contribution in [3.63, 3.8) is 0 Å². The van der Waals surface area contributed by atoms with E-state index in [1.807, 2.05) is 34.9 Å². The lowest BCUT2D eigenvalue weighted by Gasteiger charge is -2.08. The van der Waals surface area contributed by atoms with Crippen molar-refractivity contribution >= 4 is 29.1 Å². The Morgan fingerprint density at radius 1 is 1.21 bits per heavy atom. The van der Waals surface area contributed by atoms with E-state index in [4.69, 9.17) is 5.21 Å². The Morgan fingerprint density at radius 2 is 1.93 bits per heavy atom. The number of thioether (sulfide) groups is 1. The van der Waals surface area contributed by atoms with Crippen LogP contribution in [0.5, 0.6) is 0 Å². The highest BCUT2D eigenvalue weighted by Gasteiger charge is 2.15. The molecule has 3 aromatic rings. The maximum Gasteiger partial charge on any atom is 0.234 e. The van der Waals surface area contributed by atoms with Crippen LogP contribution in [-0.4, -0.2) is 37.3 Å². The predicted octanol–water partition coefficient (Wildman–Crippen LogP) is 4.06. The molecule has 8 heteroatoms. The van der Waals surface area contributed by atoms with Gasteiger partial charge in [-0.25, -0.2) is 0 Å². The molecular formula is C21H21N5O2S. The average Bonchev–Trinajstić information content (AvgIpc) is 3.16. The molecule has 0 saturated carbocycles. The second kappa shape index (κ2) is 9.70. The Labute approximate surface area is 173 Å².